The number of carbonyl (C=O) groups excluding carboxylic acids is 2. The average molecular weight is 671 g/mol. The SMILES string of the molecule is CCCCCCCCCCCCCC(=O)NCCOCCOCCCCC(CB(F)I)OC(=O)CCC(=O)O. The van der Waals surface area contributed by atoms with Crippen molar-refractivity contribution in [1.82, 2.24) is 5.32 Å². The topological polar surface area (TPSA) is 111 Å². The monoisotopic (exact) mass is 671 g/mol. The summed E-state index contributed by atoms with van der Waals surface area (Å²) in [4.78, 5) is 33.0. The van der Waals surface area contributed by atoms with Crippen LogP contribution < -0.4 is 5.32 Å². The number of hydrogen-bond donors (Lipinski definition) is 2. The maximum absolute atomic E-state index is 13.4. The first kappa shape index (κ1) is 38.1. The second-order valence-electron chi connectivity index (χ2n) is 9.99. The van der Waals surface area contributed by atoms with E-state index in [1.807, 2.05) is 0 Å². The van der Waals surface area contributed by atoms with Crippen molar-refractivity contribution in [3.63, 3.8) is 0 Å². The van der Waals surface area contributed by atoms with Gasteiger partial charge >= 0.3 is 16.8 Å². The molecular formula is C28H52BFINO7. The number of esters is 1. The summed E-state index contributed by atoms with van der Waals surface area (Å²) in [5.74, 6) is -1.60. The number of carbonyl (C=O) groups is 3. The van der Waals surface area contributed by atoms with Gasteiger partial charge in [-0.05, 0) is 25.7 Å². The minimum Gasteiger partial charge on any atom is -0.481 e. The fourth-order valence-electron chi connectivity index (χ4n) is 4.08. The molecule has 8 nitrogen and oxygen atoms in total. The van der Waals surface area contributed by atoms with Gasteiger partial charge in [0.15, 0.2) is 0 Å². The molecule has 0 heterocycles. The molecule has 0 aromatic heterocycles. The molecule has 2 N–H and O–H groups in total. The van der Waals surface area contributed by atoms with Gasteiger partial charge in [-0.1, -0.05) is 71.1 Å². The number of carboxylic acid groups (broad SMARTS) is 1. The van der Waals surface area contributed by atoms with Crippen LogP contribution in [0.25, 0.3) is 0 Å². The standard InChI is InChI=1S/C28H52BFINO7/c1-2-3-4-5-6-7-8-9-10-11-12-16-26(33)32-19-21-38-23-22-37-20-14-13-15-25(24-29(30)31)39-28(36)18-17-27(34)35/h25H,2-24H2,1H3,(H,32,33)(H,34,35). The van der Waals surface area contributed by atoms with E-state index < -0.39 is 22.9 Å². The Labute approximate surface area is 249 Å². The van der Waals surface area contributed by atoms with Crippen LogP contribution in [-0.4, -0.2) is 66.9 Å². The third-order valence-electron chi connectivity index (χ3n) is 6.29. The molecule has 39 heavy (non-hydrogen) atoms. The molecule has 0 spiro atoms. The van der Waals surface area contributed by atoms with E-state index in [-0.39, 0.29) is 25.1 Å². The first-order valence-corrected chi connectivity index (χ1v) is 16.2. The lowest BCUT2D eigenvalue weighted by Gasteiger charge is -2.17. The average Bonchev–Trinajstić information content (AvgIpc) is 2.88. The summed E-state index contributed by atoms with van der Waals surface area (Å²) in [5.41, 5.74) is 0. The largest absolute Gasteiger partial charge is 0.481 e. The van der Waals surface area contributed by atoms with Crippen LogP contribution in [0.15, 0.2) is 0 Å². The Morgan fingerprint density at radius 1 is 0.795 bits per heavy atom. The number of halogens is 2. The van der Waals surface area contributed by atoms with Crippen LogP contribution >= 0.6 is 22.4 Å². The molecule has 1 unspecified atom stereocenters. The molecule has 0 aliphatic rings. The molecule has 0 radical (unpaired) electrons. The summed E-state index contributed by atoms with van der Waals surface area (Å²) in [5, 5.41) is 11.5. The van der Waals surface area contributed by atoms with Crippen LogP contribution in [0.5, 0.6) is 0 Å². The molecule has 11 heteroatoms. The number of rotatable bonds is 29. The lowest BCUT2D eigenvalue weighted by atomic mass is 9.91. The highest BCUT2D eigenvalue weighted by Gasteiger charge is 2.21. The third-order valence-corrected chi connectivity index (χ3v) is 6.80. The number of amides is 1. The van der Waals surface area contributed by atoms with Gasteiger partial charge < -0.3 is 28.9 Å². The lowest BCUT2D eigenvalue weighted by Crippen LogP contribution is -2.27. The van der Waals surface area contributed by atoms with Gasteiger partial charge in [0.05, 0.1) is 38.8 Å². The highest BCUT2D eigenvalue weighted by atomic mass is 127. The molecule has 0 saturated carbocycles. The van der Waals surface area contributed by atoms with Gasteiger partial charge in [-0.15, -0.1) is 22.4 Å². The number of carboxylic acids is 1. The highest BCUT2D eigenvalue weighted by Crippen LogP contribution is 2.17. The summed E-state index contributed by atoms with van der Waals surface area (Å²) in [7, 11) is 0. The van der Waals surface area contributed by atoms with Crippen molar-refractivity contribution in [2.45, 2.75) is 129 Å². The van der Waals surface area contributed by atoms with E-state index in [0.29, 0.717) is 52.2 Å². The van der Waals surface area contributed by atoms with Gasteiger partial charge in [0.25, 0.3) is 0 Å². The van der Waals surface area contributed by atoms with Gasteiger partial charge in [-0.25, -0.2) is 0 Å². The number of hydrogen-bond acceptors (Lipinski definition) is 6. The molecule has 0 aliphatic heterocycles. The van der Waals surface area contributed by atoms with Crippen molar-refractivity contribution in [3.05, 3.63) is 0 Å². The summed E-state index contributed by atoms with van der Waals surface area (Å²) in [6.45, 7) is 4.59. The van der Waals surface area contributed by atoms with Gasteiger partial charge in [0.2, 0.25) is 5.91 Å². The Kier molecular flexibility index (Phi) is 27.9. The van der Waals surface area contributed by atoms with Crippen LogP contribution in [0.3, 0.4) is 0 Å². The normalized spacial score (nSPS) is 11.8. The number of aliphatic carboxylic acids is 1. The minimum atomic E-state index is -1.14. The van der Waals surface area contributed by atoms with E-state index in [1.165, 1.54) is 57.8 Å². The molecule has 228 valence electrons. The Morgan fingerprint density at radius 2 is 1.38 bits per heavy atom. The van der Waals surface area contributed by atoms with E-state index in [1.54, 1.807) is 22.4 Å². The zero-order valence-corrected chi connectivity index (χ0v) is 26.2. The smallest absolute Gasteiger partial charge is 0.419 e. The summed E-state index contributed by atoms with van der Waals surface area (Å²) < 4.78 is 29.6. The molecule has 0 aliphatic carbocycles. The van der Waals surface area contributed by atoms with Gasteiger partial charge in [-0.2, -0.15) is 0 Å². The zero-order chi connectivity index (χ0) is 29.0. The second kappa shape index (κ2) is 28.6. The molecule has 1 atom stereocenters. The van der Waals surface area contributed by atoms with Gasteiger partial charge in [-0.3, -0.25) is 14.4 Å². The predicted octanol–water partition coefficient (Wildman–Crippen LogP) is 6.68. The number of ether oxygens (including phenoxy) is 3. The van der Waals surface area contributed by atoms with Crippen LogP contribution in [0.1, 0.15) is 116 Å². The van der Waals surface area contributed by atoms with Crippen LogP contribution in [0, 0.1) is 0 Å². The van der Waals surface area contributed by atoms with Crippen molar-refractivity contribution in [2.75, 3.05) is 33.0 Å². The van der Waals surface area contributed by atoms with Crippen molar-refractivity contribution >= 4 is 45.1 Å². The van der Waals surface area contributed by atoms with Crippen molar-refractivity contribution in [1.29, 1.82) is 0 Å². The van der Waals surface area contributed by atoms with E-state index in [4.69, 9.17) is 19.3 Å². The number of nitrogens with one attached hydrogen (secondary N) is 1. The summed E-state index contributed by atoms with van der Waals surface area (Å²) in [6.07, 6.45) is 15.5. The maximum Gasteiger partial charge on any atom is 0.419 e. The molecule has 0 aromatic rings. The third kappa shape index (κ3) is 29.9. The fraction of sp³-hybridized carbons (Fsp3) is 0.893. The molecule has 1 amide bonds. The van der Waals surface area contributed by atoms with Crippen LogP contribution in [0.4, 0.5) is 4.32 Å². The lowest BCUT2D eigenvalue weighted by molar-refractivity contribution is -0.151. The highest BCUT2D eigenvalue weighted by molar-refractivity contribution is 14.1. The van der Waals surface area contributed by atoms with Gasteiger partial charge in [0.1, 0.15) is 0 Å². The Hall–Kier alpha value is -0.945. The molecular weight excluding hydrogens is 619 g/mol. The minimum absolute atomic E-state index is 0.0818. The molecule has 0 saturated heterocycles. The van der Waals surface area contributed by atoms with Crippen LogP contribution in [-0.2, 0) is 28.6 Å². The van der Waals surface area contributed by atoms with E-state index in [0.717, 1.165) is 19.3 Å². The fourth-order valence-corrected chi connectivity index (χ4v) is 4.64. The van der Waals surface area contributed by atoms with Gasteiger partial charge in [0, 0.05) is 25.9 Å². The first-order chi connectivity index (χ1) is 18.8. The van der Waals surface area contributed by atoms with Crippen molar-refractivity contribution < 1.29 is 38.0 Å². The Morgan fingerprint density at radius 3 is 1.97 bits per heavy atom. The Balaban J connectivity index is 3.52. The predicted molar refractivity (Wildman–Crippen MR) is 162 cm³/mol. The van der Waals surface area contributed by atoms with Crippen LogP contribution in [0.2, 0.25) is 6.32 Å². The summed E-state index contributed by atoms with van der Waals surface area (Å²) in [6, 6.07) is 0. The maximum atomic E-state index is 13.4. The Bertz CT molecular complexity index is 616. The van der Waals surface area contributed by atoms with Crippen molar-refractivity contribution in [3.8, 4) is 0 Å². The first-order valence-electron chi connectivity index (χ1n) is 15.0. The molecule has 0 fully saturated rings. The quantitative estimate of drug-likeness (QED) is 0.0395. The second-order valence-corrected chi connectivity index (χ2v) is 11.3. The zero-order valence-electron chi connectivity index (χ0n) is 24.1. The molecule has 0 rings (SSSR count). The van der Waals surface area contributed by atoms with E-state index >= 15 is 0 Å². The summed E-state index contributed by atoms with van der Waals surface area (Å²) >= 11 is 1.63. The molecule has 0 bridgehead atoms. The van der Waals surface area contributed by atoms with Crippen molar-refractivity contribution in [2.24, 2.45) is 0 Å². The van der Waals surface area contributed by atoms with E-state index in [2.05, 4.69) is 12.2 Å². The molecule has 0 aromatic carbocycles. The number of unbranched alkanes of at least 4 members (excludes halogenated alkanes) is 11. The van der Waals surface area contributed by atoms with E-state index in [9.17, 15) is 18.7 Å².